The lowest BCUT2D eigenvalue weighted by Gasteiger charge is -2.13. The molecule has 0 radical (unpaired) electrons. The maximum atomic E-state index is 13.4. The van der Waals surface area contributed by atoms with Crippen LogP contribution in [0.3, 0.4) is 0 Å². The number of carbonyl (C=O) groups is 1. The molecule has 0 saturated carbocycles. The Kier molecular flexibility index (Phi) is 5.46. The van der Waals surface area contributed by atoms with E-state index in [2.05, 4.69) is 10.3 Å². The van der Waals surface area contributed by atoms with Crippen molar-refractivity contribution >= 4 is 21.4 Å². The number of halogens is 4. The number of aromatic nitrogens is 1. The van der Waals surface area contributed by atoms with E-state index in [0.29, 0.717) is 11.8 Å². The Balaban J connectivity index is 1.92. The van der Waals surface area contributed by atoms with Gasteiger partial charge in [0.1, 0.15) is 5.82 Å². The molecule has 0 atom stereocenters. The molecule has 0 aliphatic heterocycles. The van der Waals surface area contributed by atoms with Gasteiger partial charge in [0.25, 0.3) is 5.91 Å². The molecule has 1 heterocycles. The fourth-order valence-electron chi connectivity index (χ4n) is 2.96. The zero-order valence-electron chi connectivity index (χ0n) is 15.8. The average Bonchev–Trinajstić information content (AvgIpc) is 3.02. The molecule has 0 spiro atoms. The quantitative estimate of drug-likeness (QED) is 0.572. The molecule has 1 aromatic heterocycles. The van der Waals surface area contributed by atoms with E-state index in [0.717, 1.165) is 18.4 Å². The van der Waals surface area contributed by atoms with Gasteiger partial charge in [-0.3, -0.25) is 4.79 Å². The third-order valence-electron chi connectivity index (χ3n) is 4.48. The summed E-state index contributed by atoms with van der Waals surface area (Å²) in [5, 5.41) is 2.56. The van der Waals surface area contributed by atoms with Crippen LogP contribution in [0, 0.1) is 12.7 Å². The topological polar surface area (TPSA) is 79.0 Å². The molecule has 0 aliphatic rings. The molecule has 2 N–H and O–H groups in total. The maximum Gasteiger partial charge on any atom is 0.417 e. The van der Waals surface area contributed by atoms with Crippen molar-refractivity contribution in [2.24, 2.45) is 0 Å². The fraction of sp³-hybridized carbons (Fsp3) is 0.150. The smallest absolute Gasteiger partial charge is 0.360 e. The molecule has 10 heteroatoms. The summed E-state index contributed by atoms with van der Waals surface area (Å²) in [4.78, 5) is 15.3. The van der Waals surface area contributed by atoms with Gasteiger partial charge in [0.05, 0.1) is 16.0 Å². The molecule has 0 aliphatic carbocycles. The van der Waals surface area contributed by atoms with Crippen LogP contribution in [0.2, 0.25) is 0 Å². The monoisotopic (exact) mass is 440 g/mol. The zero-order valence-corrected chi connectivity index (χ0v) is 16.6. The Morgan fingerprint density at radius 3 is 2.27 bits per heavy atom. The number of carbonyl (C=O) groups excluding carboxylic acids is 1. The predicted molar refractivity (Wildman–Crippen MR) is 103 cm³/mol. The van der Waals surface area contributed by atoms with Crippen LogP contribution in [0.25, 0.3) is 11.3 Å². The van der Waals surface area contributed by atoms with Gasteiger partial charge in [0.15, 0.2) is 9.84 Å². The van der Waals surface area contributed by atoms with Gasteiger partial charge in [0.2, 0.25) is 0 Å². The summed E-state index contributed by atoms with van der Waals surface area (Å²) in [5.41, 5.74) is -0.743. The highest BCUT2D eigenvalue weighted by molar-refractivity contribution is 7.90. The number of sulfone groups is 1. The van der Waals surface area contributed by atoms with Crippen LogP contribution >= 0.6 is 0 Å². The molecule has 158 valence electrons. The third kappa shape index (κ3) is 4.38. The van der Waals surface area contributed by atoms with Crippen molar-refractivity contribution in [1.82, 2.24) is 4.98 Å². The van der Waals surface area contributed by atoms with Crippen molar-refractivity contribution in [3.05, 3.63) is 71.2 Å². The van der Waals surface area contributed by atoms with Gasteiger partial charge in [0, 0.05) is 29.4 Å². The molecule has 3 rings (SSSR count). The maximum absolute atomic E-state index is 13.4. The summed E-state index contributed by atoms with van der Waals surface area (Å²) in [6.07, 6.45) is -2.47. The Hall–Kier alpha value is -3.14. The number of nitrogens with one attached hydrogen (secondary N) is 2. The lowest BCUT2D eigenvalue weighted by atomic mass is 10.00. The Labute approximate surface area is 169 Å². The molecule has 0 fully saturated rings. The molecule has 3 aromatic rings. The Morgan fingerprint density at radius 2 is 1.70 bits per heavy atom. The second kappa shape index (κ2) is 7.60. The van der Waals surface area contributed by atoms with E-state index in [1.54, 1.807) is 0 Å². The lowest BCUT2D eigenvalue weighted by Crippen LogP contribution is -2.12. The fourth-order valence-corrected chi connectivity index (χ4v) is 3.59. The molecule has 0 saturated heterocycles. The second-order valence-corrected chi connectivity index (χ2v) is 8.66. The van der Waals surface area contributed by atoms with Gasteiger partial charge >= 0.3 is 6.18 Å². The van der Waals surface area contributed by atoms with Crippen molar-refractivity contribution in [2.45, 2.75) is 18.0 Å². The van der Waals surface area contributed by atoms with Gasteiger partial charge in [-0.1, -0.05) is 0 Å². The van der Waals surface area contributed by atoms with Gasteiger partial charge in [-0.05, 0) is 55.0 Å². The van der Waals surface area contributed by atoms with E-state index in [4.69, 9.17) is 0 Å². The molecular formula is C20H16F4N2O3S. The number of amides is 1. The highest BCUT2D eigenvalue weighted by Crippen LogP contribution is 2.38. The highest BCUT2D eigenvalue weighted by Gasteiger charge is 2.35. The van der Waals surface area contributed by atoms with Crippen LogP contribution in [0.5, 0.6) is 0 Å². The van der Waals surface area contributed by atoms with Crippen LogP contribution in [0.1, 0.15) is 21.5 Å². The molecule has 0 unspecified atom stereocenters. The number of H-pyrrole nitrogens is 1. The van der Waals surface area contributed by atoms with E-state index >= 15 is 0 Å². The minimum Gasteiger partial charge on any atom is -0.360 e. The summed E-state index contributed by atoms with van der Waals surface area (Å²) < 4.78 is 76.3. The van der Waals surface area contributed by atoms with Crippen LogP contribution < -0.4 is 5.32 Å². The summed E-state index contributed by atoms with van der Waals surface area (Å²) in [6, 6.07) is 7.77. The molecule has 30 heavy (non-hydrogen) atoms. The first kappa shape index (κ1) is 21.6. The molecule has 5 nitrogen and oxygen atoms in total. The number of hydrogen-bond acceptors (Lipinski definition) is 3. The number of alkyl halides is 3. The summed E-state index contributed by atoms with van der Waals surface area (Å²) >= 11 is 0. The van der Waals surface area contributed by atoms with Gasteiger partial charge in [-0.25, -0.2) is 12.8 Å². The molecule has 2 aromatic carbocycles. The first-order valence-corrected chi connectivity index (χ1v) is 10.4. The van der Waals surface area contributed by atoms with E-state index in [1.807, 2.05) is 0 Å². The third-order valence-corrected chi connectivity index (χ3v) is 5.61. The van der Waals surface area contributed by atoms with Crippen molar-refractivity contribution in [2.75, 3.05) is 11.6 Å². The minimum atomic E-state index is -4.78. The van der Waals surface area contributed by atoms with E-state index in [1.165, 1.54) is 37.4 Å². The summed E-state index contributed by atoms with van der Waals surface area (Å²) in [5.74, 6) is -1.62. The lowest BCUT2D eigenvalue weighted by molar-refractivity contribution is -0.137. The van der Waals surface area contributed by atoms with Crippen LogP contribution in [-0.2, 0) is 16.0 Å². The number of benzene rings is 2. The largest absolute Gasteiger partial charge is 0.417 e. The number of anilines is 1. The zero-order chi connectivity index (χ0) is 22.3. The van der Waals surface area contributed by atoms with E-state index in [-0.39, 0.29) is 27.3 Å². The van der Waals surface area contributed by atoms with Crippen molar-refractivity contribution < 1.29 is 30.8 Å². The number of rotatable bonds is 4. The molecule has 1 amide bonds. The first-order chi connectivity index (χ1) is 13.9. The Morgan fingerprint density at radius 1 is 1.07 bits per heavy atom. The van der Waals surface area contributed by atoms with Gasteiger partial charge in [-0.15, -0.1) is 0 Å². The van der Waals surface area contributed by atoms with E-state index < -0.39 is 33.3 Å². The number of aromatic amines is 1. The second-order valence-electron chi connectivity index (χ2n) is 6.64. The highest BCUT2D eigenvalue weighted by atomic mass is 32.2. The predicted octanol–water partition coefficient (Wildman–Crippen LogP) is 4.80. The SMILES string of the molecule is Cc1c(C(=O)Nc2ccc(S(C)(=O)=O)cc2)c[nH]c1-c1ccc(F)cc1C(F)(F)F. The van der Waals surface area contributed by atoms with Crippen molar-refractivity contribution in [3.63, 3.8) is 0 Å². The average molecular weight is 440 g/mol. The summed E-state index contributed by atoms with van der Waals surface area (Å²) in [7, 11) is -3.39. The van der Waals surface area contributed by atoms with Crippen molar-refractivity contribution in [3.8, 4) is 11.3 Å². The van der Waals surface area contributed by atoms with Crippen LogP contribution in [-0.4, -0.2) is 25.6 Å². The minimum absolute atomic E-state index is 0.0416. The standard InChI is InChI=1S/C20H16F4N2O3S/c1-11-16(19(27)26-13-4-6-14(7-5-13)30(2,28)29)10-25-18(11)15-8-3-12(21)9-17(15)20(22,23)24/h3-10,25H,1-2H3,(H,26,27). The summed E-state index contributed by atoms with van der Waals surface area (Å²) in [6.45, 7) is 1.47. The normalized spacial score (nSPS) is 12.1. The Bertz CT molecular complexity index is 1210. The van der Waals surface area contributed by atoms with E-state index in [9.17, 15) is 30.8 Å². The van der Waals surface area contributed by atoms with Gasteiger partial charge < -0.3 is 10.3 Å². The van der Waals surface area contributed by atoms with Gasteiger partial charge in [-0.2, -0.15) is 13.2 Å². The van der Waals surface area contributed by atoms with Crippen LogP contribution in [0.15, 0.2) is 53.6 Å². The number of hydrogen-bond donors (Lipinski definition) is 2. The van der Waals surface area contributed by atoms with Crippen LogP contribution in [0.4, 0.5) is 23.2 Å². The molecule has 0 bridgehead atoms. The first-order valence-electron chi connectivity index (χ1n) is 8.54. The van der Waals surface area contributed by atoms with Crippen molar-refractivity contribution in [1.29, 1.82) is 0 Å². The molecular weight excluding hydrogens is 424 g/mol.